The maximum Gasteiger partial charge on any atom is 0.275 e. The number of hydrogen-bond donors (Lipinski definition) is 1. The van der Waals surface area contributed by atoms with Gasteiger partial charge >= 0.3 is 0 Å². The lowest BCUT2D eigenvalue weighted by Gasteiger charge is -2.31. The van der Waals surface area contributed by atoms with Crippen molar-refractivity contribution in [3.63, 3.8) is 0 Å². The summed E-state index contributed by atoms with van der Waals surface area (Å²) in [5.41, 5.74) is 0.796. The highest BCUT2D eigenvalue weighted by Crippen LogP contribution is 2.19. The van der Waals surface area contributed by atoms with Gasteiger partial charge in [-0.3, -0.25) is 14.5 Å². The molecule has 0 atom stereocenters. The van der Waals surface area contributed by atoms with Crippen LogP contribution in [0.5, 0.6) is 0 Å². The van der Waals surface area contributed by atoms with Crippen LogP contribution < -0.4 is 10.9 Å². The van der Waals surface area contributed by atoms with Crippen LogP contribution in [0.4, 0.5) is 5.82 Å². The number of carbonyl (C=O) groups excluding carboxylic acids is 1. The van der Waals surface area contributed by atoms with Crippen molar-refractivity contribution in [1.82, 2.24) is 19.7 Å². The summed E-state index contributed by atoms with van der Waals surface area (Å²) >= 11 is 0. The van der Waals surface area contributed by atoms with Crippen molar-refractivity contribution in [2.45, 2.75) is 26.4 Å². The van der Waals surface area contributed by atoms with Gasteiger partial charge in [0, 0.05) is 30.1 Å². The summed E-state index contributed by atoms with van der Waals surface area (Å²) < 4.78 is 1.50. The first-order valence-electron chi connectivity index (χ1n) is 9.52. The standard InChI is InChI=1S/C21H23N5O2/c1-15-5-4-8-19(23-15)24-20(27)16-9-11-25(12-10-16)14-26-21(28)18-7-3-2-6-17(18)13-22-26/h2-8,13,16H,9-12,14H2,1H3,(H,23,24,27). The zero-order chi connectivity index (χ0) is 19.5. The molecule has 1 aromatic carbocycles. The van der Waals surface area contributed by atoms with Gasteiger partial charge in [0.15, 0.2) is 0 Å². The van der Waals surface area contributed by atoms with Crippen LogP contribution in [0.3, 0.4) is 0 Å². The number of rotatable bonds is 4. The van der Waals surface area contributed by atoms with Gasteiger partial charge in [0.2, 0.25) is 5.91 Å². The molecule has 1 aliphatic heterocycles. The molecule has 1 amide bonds. The van der Waals surface area contributed by atoms with E-state index in [4.69, 9.17) is 0 Å². The number of hydrogen-bond acceptors (Lipinski definition) is 5. The fourth-order valence-electron chi connectivity index (χ4n) is 3.60. The number of amides is 1. The van der Waals surface area contributed by atoms with E-state index in [-0.39, 0.29) is 17.4 Å². The number of carbonyl (C=O) groups is 1. The van der Waals surface area contributed by atoms with Crippen molar-refractivity contribution in [3.8, 4) is 0 Å². The topological polar surface area (TPSA) is 80.1 Å². The highest BCUT2D eigenvalue weighted by atomic mass is 16.2. The van der Waals surface area contributed by atoms with Crippen molar-refractivity contribution in [3.05, 3.63) is 64.7 Å². The number of aryl methyl sites for hydroxylation is 1. The van der Waals surface area contributed by atoms with Crippen LogP contribution in [0.1, 0.15) is 18.5 Å². The molecule has 144 valence electrons. The predicted molar refractivity (Wildman–Crippen MR) is 108 cm³/mol. The first-order chi connectivity index (χ1) is 13.6. The molecular weight excluding hydrogens is 354 g/mol. The summed E-state index contributed by atoms with van der Waals surface area (Å²) in [4.78, 5) is 31.6. The van der Waals surface area contributed by atoms with Gasteiger partial charge in [-0.1, -0.05) is 24.3 Å². The fraction of sp³-hybridized carbons (Fsp3) is 0.333. The molecule has 7 heteroatoms. The van der Waals surface area contributed by atoms with Crippen LogP contribution in [0, 0.1) is 12.8 Å². The van der Waals surface area contributed by atoms with Crippen LogP contribution in [0.25, 0.3) is 10.8 Å². The van der Waals surface area contributed by atoms with Crippen molar-refractivity contribution in [2.24, 2.45) is 5.92 Å². The molecule has 0 bridgehead atoms. The van der Waals surface area contributed by atoms with Crippen LogP contribution in [-0.2, 0) is 11.5 Å². The highest BCUT2D eigenvalue weighted by Gasteiger charge is 2.25. The molecule has 0 unspecified atom stereocenters. The van der Waals surface area contributed by atoms with E-state index in [0.717, 1.165) is 37.0 Å². The number of benzene rings is 1. The Balaban J connectivity index is 1.36. The van der Waals surface area contributed by atoms with Gasteiger partial charge in [-0.15, -0.1) is 0 Å². The Kier molecular flexibility index (Phi) is 5.16. The lowest BCUT2D eigenvalue weighted by atomic mass is 9.96. The maximum atomic E-state index is 12.6. The minimum Gasteiger partial charge on any atom is -0.310 e. The number of aromatic nitrogens is 3. The Morgan fingerprint density at radius 2 is 1.93 bits per heavy atom. The van der Waals surface area contributed by atoms with E-state index < -0.39 is 0 Å². The number of fused-ring (bicyclic) bond motifs is 1. The molecule has 0 radical (unpaired) electrons. The van der Waals surface area contributed by atoms with E-state index in [0.29, 0.717) is 17.9 Å². The second-order valence-corrected chi connectivity index (χ2v) is 7.22. The Hall–Kier alpha value is -3.06. The van der Waals surface area contributed by atoms with Gasteiger partial charge in [-0.25, -0.2) is 9.67 Å². The molecule has 1 saturated heterocycles. The quantitative estimate of drug-likeness (QED) is 0.755. The van der Waals surface area contributed by atoms with Crippen LogP contribution >= 0.6 is 0 Å². The second-order valence-electron chi connectivity index (χ2n) is 7.22. The highest BCUT2D eigenvalue weighted by molar-refractivity contribution is 5.91. The van der Waals surface area contributed by atoms with Crippen molar-refractivity contribution in [2.75, 3.05) is 18.4 Å². The van der Waals surface area contributed by atoms with Gasteiger partial charge in [0.25, 0.3) is 5.56 Å². The molecule has 4 rings (SSSR count). The molecule has 7 nitrogen and oxygen atoms in total. The average molecular weight is 377 g/mol. The normalized spacial score (nSPS) is 15.6. The minimum absolute atomic E-state index is 0.0127. The number of likely N-dealkylation sites (tertiary alicyclic amines) is 1. The number of nitrogens with one attached hydrogen (secondary N) is 1. The third-order valence-corrected chi connectivity index (χ3v) is 5.19. The van der Waals surface area contributed by atoms with Crippen molar-refractivity contribution >= 4 is 22.5 Å². The summed E-state index contributed by atoms with van der Waals surface area (Å²) in [6.45, 7) is 3.84. The van der Waals surface area contributed by atoms with E-state index in [1.165, 1.54) is 4.68 Å². The number of pyridine rings is 1. The fourth-order valence-corrected chi connectivity index (χ4v) is 3.60. The number of piperidine rings is 1. The van der Waals surface area contributed by atoms with E-state index in [1.54, 1.807) is 12.3 Å². The minimum atomic E-state index is -0.0801. The third kappa shape index (κ3) is 3.94. The Morgan fingerprint density at radius 1 is 1.14 bits per heavy atom. The predicted octanol–water partition coefficient (Wildman–Crippen LogP) is 2.41. The Bertz CT molecular complexity index is 1050. The molecule has 1 aliphatic rings. The van der Waals surface area contributed by atoms with Gasteiger partial charge in [-0.2, -0.15) is 5.10 Å². The summed E-state index contributed by atoms with van der Waals surface area (Å²) in [6.07, 6.45) is 3.23. The zero-order valence-corrected chi connectivity index (χ0v) is 15.8. The molecule has 1 N–H and O–H groups in total. The first kappa shape index (κ1) is 18.3. The van der Waals surface area contributed by atoms with Crippen LogP contribution in [0.2, 0.25) is 0 Å². The zero-order valence-electron chi connectivity index (χ0n) is 15.8. The molecular formula is C21H23N5O2. The summed E-state index contributed by atoms with van der Waals surface area (Å²) in [5.74, 6) is 0.568. The molecule has 0 aliphatic carbocycles. The van der Waals surface area contributed by atoms with Gasteiger partial charge < -0.3 is 5.32 Å². The van der Waals surface area contributed by atoms with Crippen molar-refractivity contribution in [1.29, 1.82) is 0 Å². The smallest absolute Gasteiger partial charge is 0.275 e. The lowest BCUT2D eigenvalue weighted by molar-refractivity contribution is -0.121. The molecule has 0 saturated carbocycles. The van der Waals surface area contributed by atoms with E-state index in [2.05, 4.69) is 20.3 Å². The van der Waals surface area contributed by atoms with Crippen molar-refractivity contribution < 1.29 is 4.79 Å². The first-order valence-corrected chi connectivity index (χ1v) is 9.52. The lowest BCUT2D eigenvalue weighted by Crippen LogP contribution is -2.41. The third-order valence-electron chi connectivity index (χ3n) is 5.19. The van der Waals surface area contributed by atoms with E-state index >= 15 is 0 Å². The monoisotopic (exact) mass is 377 g/mol. The van der Waals surface area contributed by atoms with Gasteiger partial charge in [-0.05, 0) is 38.0 Å². The molecule has 3 heterocycles. The summed E-state index contributed by atoms with van der Waals surface area (Å²) in [5, 5.41) is 8.73. The van der Waals surface area contributed by atoms with E-state index in [1.807, 2.05) is 43.3 Å². The Labute approximate surface area is 163 Å². The molecule has 3 aromatic rings. The van der Waals surface area contributed by atoms with E-state index in [9.17, 15) is 9.59 Å². The van der Waals surface area contributed by atoms with Crippen LogP contribution in [-0.4, -0.2) is 38.7 Å². The van der Waals surface area contributed by atoms with Gasteiger partial charge in [0.1, 0.15) is 5.82 Å². The molecule has 2 aromatic heterocycles. The summed E-state index contributed by atoms with van der Waals surface area (Å²) in [6, 6.07) is 13.1. The number of nitrogens with zero attached hydrogens (tertiary/aromatic N) is 4. The van der Waals surface area contributed by atoms with Gasteiger partial charge in [0.05, 0.1) is 18.3 Å². The molecule has 28 heavy (non-hydrogen) atoms. The average Bonchev–Trinajstić information content (AvgIpc) is 2.71. The van der Waals surface area contributed by atoms with Crippen LogP contribution in [0.15, 0.2) is 53.5 Å². The SMILES string of the molecule is Cc1cccc(NC(=O)C2CCN(Cn3ncc4ccccc4c3=O)CC2)n1. The largest absolute Gasteiger partial charge is 0.310 e. The Morgan fingerprint density at radius 3 is 2.71 bits per heavy atom. The summed E-state index contributed by atoms with van der Waals surface area (Å²) in [7, 11) is 0. The maximum absolute atomic E-state index is 12.6. The second kappa shape index (κ2) is 7.90. The molecule has 0 spiro atoms. The number of anilines is 1. The molecule has 1 fully saturated rings.